The fourth-order valence-electron chi connectivity index (χ4n) is 4.25. The van der Waals surface area contributed by atoms with Crippen molar-refractivity contribution in [1.29, 1.82) is 0 Å². The van der Waals surface area contributed by atoms with Crippen LogP contribution in [0.25, 0.3) is 0 Å². The van der Waals surface area contributed by atoms with Crippen molar-refractivity contribution >= 4 is 34.8 Å². The third-order valence-corrected chi connectivity index (χ3v) is 7.43. The van der Waals surface area contributed by atoms with Gasteiger partial charge in [-0.2, -0.15) is 0 Å². The highest BCUT2D eigenvalue weighted by Crippen LogP contribution is 2.37. The van der Waals surface area contributed by atoms with Crippen LogP contribution in [0, 0.1) is 12.3 Å². The zero-order chi connectivity index (χ0) is 22.6. The van der Waals surface area contributed by atoms with Crippen LogP contribution in [0.15, 0.2) is 29.8 Å². The minimum atomic E-state index is -0.336. The van der Waals surface area contributed by atoms with Crippen molar-refractivity contribution in [2.24, 2.45) is 5.41 Å². The fourth-order valence-corrected chi connectivity index (χ4v) is 5.20. The van der Waals surface area contributed by atoms with Crippen molar-refractivity contribution in [2.45, 2.75) is 26.2 Å². The number of hydrogen-bond acceptors (Lipinski definition) is 6. The molecule has 2 aromatic rings. The van der Waals surface area contributed by atoms with E-state index in [9.17, 15) is 9.59 Å². The number of morpholine rings is 1. The summed E-state index contributed by atoms with van der Waals surface area (Å²) in [6, 6.07) is 7.30. The van der Waals surface area contributed by atoms with Crippen molar-refractivity contribution in [1.82, 2.24) is 14.8 Å². The molecule has 0 spiro atoms. The number of benzene rings is 1. The van der Waals surface area contributed by atoms with Gasteiger partial charge in [0.1, 0.15) is 10.6 Å². The van der Waals surface area contributed by atoms with Gasteiger partial charge in [0.25, 0.3) is 5.91 Å². The molecule has 0 bridgehead atoms. The van der Waals surface area contributed by atoms with Gasteiger partial charge in [0, 0.05) is 43.0 Å². The summed E-state index contributed by atoms with van der Waals surface area (Å²) in [4.78, 5) is 34.7. The van der Waals surface area contributed by atoms with Gasteiger partial charge in [-0.25, -0.2) is 4.98 Å². The minimum Gasteiger partial charge on any atom is -0.493 e. The van der Waals surface area contributed by atoms with E-state index in [1.165, 1.54) is 11.3 Å². The number of rotatable bonds is 6. The molecule has 0 unspecified atom stereocenters. The second-order valence-electron chi connectivity index (χ2n) is 8.48. The third kappa shape index (κ3) is 5.42. The van der Waals surface area contributed by atoms with Gasteiger partial charge in [-0.15, -0.1) is 11.3 Å². The van der Waals surface area contributed by atoms with E-state index in [-0.39, 0.29) is 17.2 Å². The second-order valence-corrected chi connectivity index (χ2v) is 9.77. The zero-order valence-corrected chi connectivity index (χ0v) is 19.8. The lowest BCUT2D eigenvalue weighted by Gasteiger charge is -2.42. The number of piperidine rings is 1. The van der Waals surface area contributed by atoms with Crippen LogP contribution >= 0.6 is 22.9 Å². The first-order valence-corrected chi connectivity index (χ1v) is 12.1. The molecule has 32 heavy (non-hydrogen) atoms. The SMILES string of the molecule is Cc1ncsc1C(=O)N1CCC(COc2cccc(Cl)c2)(CC(=O)N2CCOCC2)CC1. The molecule has 0 atom stereocenters. The summed E-state index contributed by atoms with van der Waals surface area (Å²) in [5, 5.41) is 0.612. The van der Waals surface area contributed by atoms with Crippen molar-refractivity contribution in [2.75, 3.05) is 46.0 Å². The van der Waals surface area contributed by atoms with E-state index in [4.69, 9.17) is 21.1 Å². The lowest BCUT2D eigenvalue weighted by atomic mass is 9.75. The fraction of sp³-hybridized carbons (Fsp3) is 0.522. The zero-order valence-electron chi connectivity index (χ0n) is 18.2. The van der Waals surface area contributed by atoms with E-state index in [1.807, 2.05) is 28.9 Å². The number of aromatic nitrogens is 1. The van der Waals surface area contributed by atoms with Crippen LogP contribution in [-0.4, -0.2) is 72.6 Å². The Morgan fingerprint density at radius 3 is 2.59 bits per heavy atom. The van der Waals surface area contributed by atoms with Crippen molar-refractivity contribution in [3.8, 4) is 5.75 Å². The maximum absolute atomic E-state index is 13.1. The molecular formula is C23H28ClN3O4S. The van der Waals surface area contributed by atoms with Crippen LogP contribution in [0.2, 0.25) is 5.02 Å². The lowest BCUT2D eigenvalue weighted by Crippen LogP contribution is -2.49. The first-order valence-electron chi connectivity index (χ1n) is 10.9. The molecule has 3 heterocycles. The Hall–Kier alpha value is -2.16. The minimum absolute atomic E-state index is 0.0221. The van der Waals surface area contributed by atoms with Gasteiger partial charge in [-0.1, -0.05) is 17.7 Å². The van der Waals surface area contributed by atoms with Crippen LogP contribution in [0.3, 0.4) is 0 Å². The van der Waals surface area contributed by atoms with Gasteiger partial charge in [-0.3, -0.25) is 9.59 Å². The largest absolute Gasteiger partial charge is 0.493 e. The van der Waals surface area contributed by atoms with Crippen LogP contribution in [0.5, 0.6) is 5.75 Å². The molecular weight excluding hydrogens is 450 g/mol. The number of carbonyl (C=O) groups excluding carboxylic acids is 2. The normalized spacial score (nSPS) is 18.4. The highest BCUT2D eigenvalue weighted by molar-refractivity contribution is 7.11. The predicted octanol–water partition coefficient (Wildman–Crippen LogP) is 3.66. The average molecular weight is 478 g/mol. The first-order chi connectivity index (χ1) is 15.5. The molecule has 172 valence electrons. The maximum Gasteiger partial charge on any atom is 0.265 e. The number of ether oxygens (including phenoxy) is 2. The number of likely N-dealkylation sites (tertiary alicyclic amines) is 1. The van der Waals surface area contributed by atoms with Gasteiger partial charge in [0.2, 0.25) is 5.91 Å². The number of amides is 2. The highest BCUT2D eigenvalue weighted by atomic mass is 35.5. The molecule has 1 aromatic carbocycles. The summed E-state index contributed by atoms with van der Waals surface area (Å²) in [7, 11) is 0. The molecule has 1 aromatic heterocycles. The molecule has 2 aliphatic rings. The average Bonchev–Trinajstić information content (AvgIpc) is 3.24. The summed E-state index contributed by atoms with van der Waals surface area (Å²) < 4.78 is 11.5. The standard InChI is InChI=1S/C23H28ClN3O4S/c1-17-21(32-16-25-17)22(29)27-7-5-23(6-8-27,14-20(28)26-9-11-30-12-10-26)15-31-19-4-2-3-18(24)13-19/h2-4,13,16H,5-12,14-15H2,1H3. The Labute approximate surface area is 197 Å². The molecule has 2 fully saturated rings. The van der Waals surface area contributed by atoms with E-state index in [2.05, 4.69) is 4.98 Å². The third-order valence-electron chi connectivity index (χ3n) is 6.28. The number of thiazole rings is 1. The van der Waals surface area contributed by atoms with Gasteiger partial charge in [0.15, 0.2) is 0 Å². The number of halogens is 1. The Morgan fingerprint density at radius 2 is 1.94 bits per heavy atom. The van der Waals surface area contributed by atoms with Gasteiger partial charge < -0.3 is 19.3 Å². The van der Waals surface area contributed by atoms with Crippen LogP contribution in [0.4, 0.5) is 0 Å². The van der Waals surface area contributed by atoms with Crippen LogP contribution in [-0.2, 0) is 9.53 Å². The number of nitrogens with zero attached hydrogens (tertiary/aromatic N) is 3. The van der Waals surface area contributed by atoms with Crippen molar-refractivity contribution < 1.29 is 19.1 Å². The van der Waals surface area contributed by atoms with E-state index in [0.717, 1.165) is 5.69 Å². The summed E-state index contributed by atoms with van der Waals surface area (Å²) in [6.07, 6.45) is 1.80. The molecule has 2 saturated heterocycles. The molecule has 0 saturated carbocycles. The van der Waals surface area contributed by atoms with E-state index < -0.39 is 0 Å². The molecule has 0 radical (unpaired) electrons. The molecule has 0 aliphatic carbocycles. The molecule has 2 amide bonds. The molecule has 9 heteroatoms. The Kier molecular flexibility index (Phi) is 7.33. The molecule has 2 aliphatic heterocycles. The van der Waals surface area contributed by atoms with E-state index in [0.29, 0.717) is 80.9 Å². The van der Waals surface area contributed by atoms with Crippen LogP contribution < -0.4 is 4.74 Å². The van der Waals surface area contributed by atoms with Gasteiger partial charge in [0.05, 0.1) is 31.0 Å². The summed E-state index contributed by atoms with van der Waals surface area (Å²) in [5.41, 5.74) is 2.14. The smallest absolute Gasteiger partial charge is 0.265 e. The van der Waals surface area contributed by atoms with Crippen molar-refractivity contribution in [3.63, 3.8) is 0 Å². The number of aryl methyl sites for hydroxylation is 1. The molecule has 4 rings (SSSR count). The van der Waals surface area contributed by atoms with E-state index >= 15 is 0 Å². The monoisotopic (exact) mass is 477 g/mol. The maximum atomic E-state index is 13.1. The Balaban J connectivity index is 1.45. The first kappa shape index (κ1) is 23.0. The van der Waals surface area contributed by atoms with Crippen molar-refractivity contribution in [3.05, 3.63) is 45.4 Å². The topological polar surface area (TPSA) is 72.0 Å². The summed E-state index contributed by atoms with van der Waals surface area (Å²) in [5.74, 6) is 0.837. The Bertz CT molecular complexity index is 952. The van der Waals surface area contributed by atoms with E-state index in [1.54, 1.807) is 17.6 Å². The van der Waals surface area contributed by atoms with Gasteiger partial charge in [-0.05, 0) is 38.0 Å². The summed E-state index contributed by atoms with van der Waals surface area (Å²) in [6.45, 7) is 5.85. The van der Waals surface area contributed by atoms with Gasteiger partial charge >= 0.3 is 0 Å². The Morgan fingerprint density at radius 1 is 1.19 bits per heavy atom. The highest BCUT2D eigenvalue weighted by Gasteiger charge is 2.40. The number of carbonyl (C=O) groups is 2. The quantitative estimate of drug-likeness (QED) is 0.635. The number of hydrogen-bond donors (Lipinski definition) is 0. The predicted molar refractivity (Wildman–Crippen MR) is 123 cm³/mol. The second kappa shape index (κ2) is 10.2. The summed E-state index contributed by atoms with van der Waals surface area (Å²) >= 11 is 7.48. The molecule has 7 nitrogen and oxygen atoms in total. The van der Waals surface area contributed by atoms with Crippen LogP contribution in [0.1, 0.15) is 34.6 Å². The lowest BCUT2D eigenvalue weighted by molar-refractivity contribution is -0.139. The molecule has 0 N–H and O–H groups in total.